The molecule has 1 saturated heterocycles. The lowest BCUT2D eigenvalue weighted by Gasteiger charge is -2.62. The smallest absolute Gasteiger partial charge is 0.163 e. The maximum Gasteiger partial charge on any atom is 0.163 e. The summed E-state index contributed by atoms with van der Waals surface area (Å²) in [7, 11) is 0. The van der Waals surface area contributed by atoms with Crippen LogP contribution in [0.3, 0.4) is 0 Å². The first-order valence-electron chi connectivity index (χ1n) is 13.5. The second-order valence-corrected chi connectivity index (χ2v) is 13.0. The van der Waals surface area contributed by atoms with Crippen LogP contribution in [0.15, 0.2) is 0 Å². The van der Waals surface area contributed by atoms with E-state index in [-0.39, 0.29) is 0 Å². The Kier molecular flexibility index (Phi) is 5.65. The highest BCUT2D eigenvalue weighted by Gasteiger charge is 2.64. The Morgan fingerprint density at radius 1 is 0.871 bits per heavy atom. The van der Waals surface area contributed by atoms with Crippen LogP contribution in [0, 0.1) is 46.3 Å². The van der Waals surface area contributed by atoms with Crippen molar-refractivity contribution in [2.45, 2.75) is 123 Å². The molecule has 0 aromatic carbocycles. The number of hydrogen-bond donors (Lipinski definition) is 0. The second kappa shape index (κ2) is 7.83. The summed E-state index contributed by atoms with van der Waals surface area (Å²) < 4.78 is 12.8. The first-order chi connectivity index (χ1) is 14.7. The zero-order valence-corrected chi connectivity index (χ0v) is 20.7. The summed E-state index contributed by atoms with van der Waals surface area (Å²) in [6.07, 6.45) is 15.7. The van der Waals surface area contributed by atoms with Crippen molar-refractivity contribution in [2.75, 3.05) is 0 Å². The largest absolute Gasteiger partial charge is 0.345 e. The lowest BCUT2D eigenvalue weighted by molar-refractivity contribution is -0.170. The number of unbranched alkanes of at least 4 members (excludes halogenated alkanes) is 1. The van der Waals surface area contributed by atoms with Crippen molar-refractivity contribution >= 4 is 6.29 Å². The predicted molar refractivity (Wildman–Crippen MR) is 124 cm³/mol. The molecule has 0 aromatic rings. The molecule has 5 aliphatic rings. The van der Waals surface area contributed by atoms with E-state index < -0.39 is 5.79 Å². The SMILES string of the molecule is C[C@H](CCCC=O)[C@H]1CC[C@H]2[C@@H]3CC[C@H]4[C@H]5OC(C)(C)O[C@H]5CC[C@]4(C)[C@H]3CC[C@]12C. The van der Waals surface area contributed by atoms with Crippen molar-refractivity contribution in [1.82, 2.24) is 0 Å². The number of carbonyl (C=O) groups is 1. The van der Waals surface area contributed by atoms with Crippen molar-refractivity contribution in [3.63, 3.8) is 0 Å². The predicted octanol–water partition coefficient (Wildman–Crippen LogP) is 6.78. The minimum absolute atomic E-state index is 0.317. The monoisotopic (exact) mass is 430 g/mol. The van der Waals surface area contributed by atoms with Crippen molar-refractivity contribution in [3.05, 3.63) is 0 Å². The van der Waals surface area contributed by atoms with Crippen LogP contribution >= 0.6 is 0 Å². The third kappa shape index (κ3) is 3.47. The minimum Gasteiger partial charge on any atom is -0.345 e. The van der Waals surface area contributed by atoms with Crippen molar-refractivity contribution in [2.24, 2.45) is 46.3 Å². The van der Waals surface area contributed by atoms with E-state index in [1.54, 1.807) is 0 Å². The average Bonchev–Trinajstić information content (AvgIpc) is 3.23. The molecule has 1 heterocycles. The molecule has 0 spiro atoms. The molecule has 0 N–H and O–H groups in total. The van der Waals surface area contributed by atoms with Gasteiger partial charge >= 0.3 is 0 Å². The number of hydrogen-bond acceptors (Lipinski definition) is 3. The van der Waals surface area contributed by atoms with Gasteiger partial charge in [0.15, 0.2) is 5.79 Å². The van der Waals surface area contributed by atoms with Crippen LogP contribution in [0.1, 0.15) is 105 Å². The third-order valence-electron chi connectivity index (χ3n) is 11.3. The van der Waals surface area contributed by atoms with Crippen LogP contribution in [-0.4, -0.2) is 24.3 Å². The van der Waals surface area contributed by atoms with Crippen LogP contribution in [0.4, 0.5) is 0 Å². The summed E-state index contributed by atoms with van der Waals surface area (Å²) in [5.74, 6) is 4.61. The number of carbonyl (C=O) groups excluding carboxylic acids is 1. The van der Waals surface area contributed by atoms with E-state index in [0.717, 1.165) is 48.7 Å². The maximum absolute atomic E-state index is 10.8. The summed E-state index contributed by atoms with van der Waals surface area (Å²) in [5.41, 5.74) is 0.958. The van der Waals surface area contributed by atoms with E-state index in [9.17, 15) is 4.79 Å². The van der Waals surface area contributed by atoms with Crippen molar-refractivity contribution < 1.29 is 14.3 Å². The van der Waals surface area contributed by atoms with Crippen LogP contribution in [0.2, 0.25) is 0 Å². The Balaban J connectivity index is 1.33. The second-order valence-electron chi connectivity index (χ2n) is 13.0. The molecule has 3 nitrogen and oxygen atoms in total. The number of rotatable bonds is 5. The fraction of sp³-hybridized carbons (Fsp3) is 0.964. The quantitative estimate of drug-likeness (QED) is 0.356. The average molecular weight is 431 g/mol. The molecule has 5 rings (SSSR count). The number of fused-ring (bicyclic) bond motifs is 7. The van der Waals surface area contributed by atoms with Crippen LogP contribution in [0.25, 0.3) is 0 Å². The minimum atomic E-state index is -0.402. The summed E-state index contributed by atoms with van der Waals surface area (Å²) in [6, 6.07) is 0. The summed E-state index contributed by atoms with van der Waals surface area (Å²) in [6.45, 7) is 12.0. The Morgan fingerprint density at radius 3 is 2.35 bits per heavy atom. The molecule has 0 unspecified atom stereocenters. The van der Waals surface area contributed by atoms with Gasteiger partial charge in [0, 0.05) is 6.42 Å². The van der Waals surface area contributed by atoms with E-state index in [2.05, 4.69) is 34.6 Å². The van der Waals surface area contributed by atoms with E-state index in [0.29, 0.717) is 29.0 Å². The molecule has 0 radical (unpaired) electrons. The molecule has 0 amide bonds. The first kappa shape index (κ1) is 22.4. The van der Waals surface area contributed by atoms with Gasteiger partial charge in [0.1, 0.15) is 6.29 Å². The molecule has 4 saturated carbocycles. The Labute approximate surface area is 190 Å². The highest BCUT2D eigenvalue weighted by molar-refractivity contribution is 5.48. The fourth-order valence-corrected chi connectivity index (χ4v) is 9.98. The molecule has 176 valence electrons. The van der Waals surface area contributed by atoms with E-state index >= 15 is 0 Å². The van der Waals surface area contributed by atoms with Crippen LogP contribution < -0.4 is 0 Å². The number of ether oxygens (including phenoxy) is 2. The Bertz CT molecular complexity index is 688. The van der Waals surface area contributed by atoms with Gasteiger partial charge in [0.25, 0.3) is 0 Å². The zero-order valence-electron chi connectivity index (χ0n) is 20.7. The lowest BCUT2D eigenvalue weighted by atomic mass is 9.44. The number of aldehydes is 1. The van der Waals surface area contributed by atoms with Gasteiger partial charge in [-0.2, -0.15) is 0 Å². The topological polar surface area (TPSA) is 35.5 Å². The van der Waals surface area contributed by atoms with Gasteiger partial charge < -0.3 is 14.3 Å². The lowest BCUT2D eigenvalue weighted by Crippen LogP contribution is -2.57. The molecule has 0 aromatic heterocycles. The molecule has 3 heteroatoms. The van der Waals surface area contributed by atoms with E-state index in [4.69, 9.17) is 9.47 Å². The molecule has 5 fully saturated rings. The molecule has 0 bridgehead atoms. The molecule has 10 atom stereocenters. The van der Waals surface area contributed by atoms with Gasteiger partial charge in [0.2, 0.25) is 0 Å². The van der Waals surface area contributed by atoms with E-state index in [1.807, 2.05) is 0 Å². The fourth-order valence-electron chi connectivity index (χ4n) is 9.98. The Hall–Kier alpha value is -0.410. The zero-order chi connectivity index (χ0) is 22.0. The van der Waals surface area contributed by atoms with Crippen molar-refractivity contribution in [3.8, 4) is 0 Å². The normalized spacial score (nSPS) is 51.3. The van der Waals surface area contributed by atoms with Gasteiger partial charge in [-0.15, -0.1) is 0 Å². The van der Waals surface area contributed by atoms with Gasteiger partial charge in [-0.1, -0.05) is 27.2 Å². The Morgan fingerprint density at radius 2 is 1.58 bits per heavy atom. The first-order valence-corrected chi connectivity index (χ1v) is 13.5. The van der Waals surface area contributed by atoms with Gasteiger partial charge in [-0.05, 0) is 118 Å². The molecule has 31 heavy (non-hydrogen) atoms. The standard InChI is InChI=1S/C28H46O3/c1-18(8-6-7-17-29)20-11-12-21-19-9-10-23-25-24(30-26(2,3)31-25)14-16-28(23,5)22(19)13-15-27(20,21)4/h17-25H,6-16H2,1-5H3/t18-,19+,20-,21+,22+,23+,24+,25-,27-,28-/m1/s1. The maximum atomic E-state index is 10.8. The molecular formula is C28H46O3. The highest BCUT2D eigenvalue weighted by atomic mass is 16.8. The van der Waals surface area contributed by atoms with Gasteiger partial charge in [-0.3, -0.25) is 0 Å². The van der Waals surface area contributed by atoms with Gasteiger partial charge in [-0.25, -0.2) is 0 Å². The van der Waals surface area contributed by atoms with Crippen LogP contribution in [-0.2, 0) is 14.3 Å². The van der Waals surface area contributed by atoms with Gasteiger partial charge in [0.05, 0.1) is 12.2 Å². The van der Waals surface area contributed by atoms with Crippen LogP contribution in [0.5, 0.6) is 0 Å². The summed E-state index contributed by atoms with van der Waals surface area (Å²) in [5, 5.41) is 0. The molecular weight excluding hydrogens is 384 g/mol. The van der Waals surface area contributed by atoms with E-state index in [1.165, 1.54) is 57.8 Å². The highest BCUT2D eigenvalue weighted by Crippen LogP contribution is 2.69. The molecule has 4 aliphatic carbocycles. The van der Waals surface area contributed by atoms with Crippen molar-refractivity contribution in [1.29, 1.82) is 0 Å². The summed E-state index contributed by atoms with van der Waals surface area (Å²) in [4.78, 5) is 10.8. The molecule has 1 aliphatic heterocycles. The third-order valence-corrected chi connectivity index (χ3v) is 11.3. The summed E-state index contributed by atoms with van der Waals surface area (Å²) >= 11 is 0.